The minimum atomic E-state index is -0.00671. The number of carbonyl (C=O) groups excluding carboxylic acids is 2. The quantitative estimate of drug-likeness (QED) is 0.714. The second kappa shape index (κ2) is 8.26. The van der Waals surface area contributed by atoms with E-state index in [4.69, 9.17) is 0 Å². The zero-order chi connectivity index (χ0) is 11.7. The van der Waals surface area contributed by atoms with Crippen molar-refractivity contribution < 1.29 is 9.59 Å². The fraction of sp³-hybridized carbons (Fsp3) is 0.818. The van der Waals surface area contributed by atoms with Crippen LogP contribution in [0.15, 0.2) is 0 Å². The van der Waals surface area contributed by atoms with Crippen LogP contribution in [-0.4, -0.2) is 36.3 Å². The summed E-state index contributed by atoms with van der Waals surface area (Å²) in [5.41, 5.74) is 0. The molecule has 1 saturated heterocycles. The third-order valence-electron chi connectivity index (χ3n) is 2.15. The van der Waals surface area contributed by atoms with Gasteiger partial charge in [-0.1, -0.05) is 13.8 Å². The van der Waals surface area contributed by atoms with Gasteiger partial charge in [0.05, 0.1) is 0 Å². The van der Waals surface area contributed by atoms with Crippen molar-refractivity contribution in [1.82, 2.24) is 10.2 Å². The molecule has 1 N–H and O–H groups in total. The maximum atomic E-state index is 11.1. The van der Waals surface area contributed by atoms with Crippen LogP contribution in [0.4, 0.5) is 0 Å². The fourth-order valence-corrected chi connectivity index (χ4v) is 1.47. The van der Waals surface area contributed by atoms with Crippen molar-refractivity contribution in [2.75, 3.05) is 19.6 Å². The lowest BCUT2D eigenvalue weighted by Gasteiger charge is -2.14. The molecule has 1 aliphatic heterocycles. The largest absolute Gasteiger partial charge is 0.356 e. The normalized spacial score (nSPS) is 14.6. The van der Waals surface area contributed by atoms with E-state index in [1.807, 2.05) is 18.7 Å². The minimum Gasteiger partial charge on any atom is -0.356 e. The number of nitrogens with one attached hydrogen (secondary N) is 1. The van der Waals surface area contributed by atoms with Crippen LogP contribution in [0.25, 0.3) is 0 Å². The van der Waals surface area contributed by atoms with Crippen molar-refractivity contribution in [3.05, 3.63) is 0 Å². The highest BCUT2D eigenvalue weighted by Crippen LogP contribution is 2.09. The van der Waals surface area contributed by atoms with Gasteiger partial charge in [-0.25, -0.2) is 0 Å². The zero-order valence-corrected chi connectivity index (χ0v) is 10.0. The van der Waals surface area contributed by atoms with Crippen molar-refractivity contribution in [2.45, 2.75) is 40.0 Å². The molecule has 0 atom stereocenters. The Morgan fingerprint density at radius 3 is 2.60 bits per heavy atom. The Bertz CT molecular complexity index is 205. The number of nitrogens with zero attached hydrogens (tertiary/aromatic N) is 1. The van der Waals surface area contributed by atoms with E-state index >= 15 is 0 Å². The van der Waals surface area contributed by atoms with Crippen molar-refractivity contribution in [3.63, 3.8) is 0 Å². The number of hydrogen-bond donors (Lipinski definition) is 1. The maximum absolute atomic E-state index is 11.1. The Labute approximate surface area is 92.0 Å². The van der Waals surface area contributed by atoms with Crippen LogP contribution in [0.5, 0.6) is 0 Å². The van der Waals surface area contributed by atoms with Crippen LogP contribution < -0.4 is 5.32 Å². The first-order chi connectivity index (χ1) is 7.20. The fourth-order valence-electron chi connectivity index (χ4n) is 1.47. The first-order valence-electron chi connectivity index (χ1n) is 5.72. The summed E-state index contributed by atoms with van der Waals surface area (Å²) in [6.07, 6.45) is 2.53. The van der Waals surface area contributed by atoms with E-state index in [0.717, 1.165) is 25.9 Å². The molecule has 0 aliphatic carbocycles. The summed E-state index contributed by atoms with van der Waals surface area (Å²) < 4.78 is 0. The molecule has 0 saturated carbocycles. The van der Waals surface area contributed by atoms with Crippen molar-refractivity contribution in [1.29, 1.82) is 0 Å². The summed E-state index contributed by atoms with van der Waals surface area (Å²) in [5.74, 6) is 0.246. The monoisotopic (exact) mass is 214 g/mol. The van der Waals surface area contributed by atoms with E-state index in [1.54, 1.807) is 0 Å². The first-order valence-corrected chi connectivity index (χ1v) is 5.72. The van der Waals surface area contributed by atoms with Crippen molar-refractivity contribution >= 4 is 11.8 Å². The van der Waals surface area contributed by atoms with E-state index in [9.17, 15) is 9.59 Å². The Morgan fingerprint density at radius 2 is 2.13 bits per heavy atom. The van der Waals surface area contributed by atoms with E-state index in [2.05, 4.69) is 5.32 Å². The predicted molar refractivity (Wildman–Crippen MR) is 60.5 cm³/mol. The van der Waals surface area contributed by atoms with Crippen LogP contribution in [0.2, 0.25) is 0 Å². The molecule has 1 fully saturated rings. The van der Waals surface area contributed by atoms with Crippen LogP contribution in [0, 0.1) is 0 Å². The molecule has 0 aromatic heterocycles. The summed E-state index contributed by atoms with van der Waals surface area (Å²) in [5, 5.41) is 2.71. The predicted octanol–water partition coefficient (Wildman–Crippen LogP) is 1.16. The topological polar surface area (TPSA) is 49.4 Å². The second-order valence-electron chi connectivity index (χ2n) is 3.32. The molecule has 1 heterocycles. The molecule has 0 aromatic rings. The summed E-state index contributed by atoms with van der Waals surface area (Å²) in [7, 11) is 0. The molecule has 0 aromatic carbocycles. The minimum absolute atomic E-state index is 0.00671. The molecular formula is C11H22N2O2. The summed E-state index contributed by atoms with van der Waals surface area (Å²) in [6, 6.07) is 0. The Hall–Kier alpha value is -1.06. The first kappa shape index (κ1) is 13.9. The van der Waals surface area contributed by atoms with Gasteiger partial charge in [0.2, 0.25) is 11.8 Å². The smallest absolute Gasteiger partial charge is 0.222 e. The van der Waals surface area contributed by atoms with Gasteiger partial charge >= 0.3 is 0 Å². The SMILES string of the molecule is CC.CC(=O)NCCCN1CCCC1=O. The number of likely N-dealkylation sites (tertiary alicyclic amines) is 1. The number of amides is 2. The summed E-state index contributed by atoms with van der Waals surface area (Å²) in [6.45, 7) is 7.83. The van der Waals surface area contributed by atoms with E-state index in [0.29, 0.717) is 13.0 Å². The molecule has 0 bridgehead atoms. The van der Waals surface area contributed by atoms with E-state index in [1.165, 1.54) is 6.92 Å². The molecular weight excluding hydrogens is 192 g/mol. The molecule has 1 aliphatic rings. The molecule has 0 spiro atoms. The van der Waals surface area contributed by atoms with Gasteiger partial charge in [-0.15, -0.1) is 0 Å². The number of hydrogen-bond acceptors (Lipinski definition) is 2. The van der Waals surface area contributed by atoms with Gasteiger partial charge in [-0.2, -0.15) is 0 Å². The number of rotatable bonds is 4. The molecule has 0 unspecified atom stereocenters. The highest BCUT2D eigenvalue weighted by atomic mass is 16.2. The third kappa shape index (κ3) is 6.10. The standard InChI is InChI=1S/C9H16N2O2.C2H6/c1-8(12)10-5-3-7-11-6-2-4-9(11)13;1-2/h2-7H2,1H3,(H,10,12);1-2H3. The lowest BCUT2D eigenvalue weighted by Crippen LogP contribution is -2.29. The van der Waals surface area contributed by atoms with E-state index in [-0.39, 0.29) is 11.8 Å². The number of carbonyl (C=O) groups is 2. The third-order valence-corrected chi connectivity index (χ3v) is 2.15. The van der Waals surface area contributed by atoms with Gasteiger partial charge in [0.15, 0.2) is 0 Å². The van der Waals surface area contributed by atoms with Gasteiger partial charge < -0.3 is 10.2 Å². The molecule has 2 amide bonds. The van der Waals surface area contributed by atoms with Gasteiger partial charge in [0.1, 0.15) is 0 Å². The van der Waals surface area contributed by atoms with Crippen LogP contribution in [0.1, 0.15) is 40.0 Å². The Balaban J connectivity index is 0.000000921. The Kier molecular flexibility index (Phi) is 7.68. The molecule has 4 heteroatoms. The molecule has 15 heavy (non-hydrogen) atoms. The highest BCUT2D eigenvalue weighted by molar-refractivity contribution is 5.78. The molecule has 4 nitrogen and oxygen atoms in total. The average Bonchev–Trinajstić information content (AvgIpc) is 2.62. The molecule has 88 valence electrons. The van der Waals surface area contributed by atoms with Gasteiger partial charge in [-0.05, 0) is 12.8 Å². The maximum Gasteiger partial charge on any atom is 0.222 e. The second-order valence-corrected chi connectivity index (χ2v) is 3.32. The lowest BCUT2D eigenvalue weighted by molar-refractivity contribution is -0.127. The zero-order valence-electron chi connectivity index (χ0n) is 10.0. The lowest BCUT2D eigenvalue weighted by atomic mass is 10.4. The molecule has 1 rings (SSSR count). The van der Waals surface area contributed by atoms with Crippen LogP contribution in [0.3, 0.4) is 0 Å². The highest BCUT2D eigenvalue weighted by Gasteiger charge is 2.18. The van der Waals surface area contributed by atoms with Gasteiger partial charge in [0.25, 0.3) is 0 Å². The van der Waals surface area contributed by atoms with Crippen molar-refractivity contribution in [2.24, 2.45) is 0 Å². The summed E-state index contributed by atoms with van der Waals surface area (Å²) in [4.78, 5) is 23.5. The van der Waals surface area contributed by atoms with Crippen molar-refractivity contribution in [3.8, 4) is 0 Å². The van der Waals surface area contributed by atoms with Crippen LogP contribution in [-0.2, 0) is 9.59 Å². The average molecular weight is 214 g/mol. The summed E-state index contributed by atoms with van der Waals surface area (Å²) >= 11 is 0. The van der Waals surface area contributed by atoms with Crippen LogP contribution >= 0.6 is 0 Å². The molecule has 0 radical (unpaired) electrons. The Morgan fingerprint density at radius 1 is 1.47 bits per heavy atom. The van der Waals surface area contributed by atoms with Gasteiger partial charge in [0, 0.05) is 33.0 Å². The van der Waals surface area contributed by atoms with Gasteiger partial charge in [-0.3, -0.25) is 9.59 Å². The van der Waals surface area contributed by atoms with E-state index < -0.39 is 0 Å².